The van der Waals surface area contributed by atoms with Crippen molar-refractivity contribution < 1.29 is 0 Å². The Balaban J connectivity index is 1.80. The molecule has 0 radical (unpaired) electrons. The number of benzene rings is 1. The highest BCUT2D eigenvalue weighted by molar-refractivity contribution is 7.99. The monoisotopic (exact) mass is 257 g/mol. The van der Waals surface area contributed by atoms with Crippen LogP contribution in [0.2, 0.25) is 0 Å². The van der Waals surface area contributed by atoms with Crippen molar-refractivity contribution in [3.63, 3.8) is 0 Å². The Morgan fingerprint density at radius 2 is 1.72 bits per heavy atom. The third-order valence-electron chi connectivity index (χ3n) is 3.04. The molecule has 2 heterocycles. The van der Waals surface area contributed by atoms with Crippen LogP contribution in [-0.2, 0) is 0 Å². The normalized spacial score (nSPS) is 15.7. The minimum atomic E-state index is 0.936. The van der Waals surface area contributed by atoms with Crippen LogP contribution in [0.1, 0.15) is 0 Å². The zero-order chi connectivity index (χ0) is 12.2. The Labute approximate surface area is 111 Å². The van der Waals surface area contributed by atoms with Gasteiger partial charge in [0, 0.05) is 30.2 Å². The summed E-state index contributed by atoms with van der Waals surface area (Å²) in [6.45, 7) is 2.15. The second-order valence-corrected chi connectivity index (χ2v) is 5.45. The van der Waals surface area contributed by atoms with Crippen LogP contribution in [0.4, 0.5) is 5.82 Å². The van der Waals surface area contributed by atoms with E-state index in [-0.39, 0.29) is 0 Å². The fraction of sp³-hybridized carbons (Fsp3) is 0.286. The molecule has 2 aromatic rings. The van der Waals surface area contributed by atoms with Gasteiger partial charge in [-0.1, -0.05) is 30.3 Å². The molecule has 1 aromatic heterocycles. The van der Waals surface area contributed by atoms with Crippen LogP contribution < -0.4 is 4.90 Å². The zero-order valence-electron chi connectivity index (χ0n) is 10.1. The average molecular weight is 257 g/mol. The number of aromatic nitrogens is 2. The summed E-state index contributed by atoms with van der Waals surface area (Å²) in [7, 11) is 0. The SMILES string of the molecule is c1ccc(-c2cnc(N3CCSCC3)cn2)cc1. The quantitative estimate of drug-likeness (QED) is 0.827. The molecule has 1 saturated heterocycles. The topological polar surface area (TPSA) is 29.0 Å². The number of thioether (sulfide) groups is 1. The third-order valence-corrected chi connectivity index (χ3v) is 3.99. The lowest BCUT2D eigenvalue weighted by Crippen LogP contribution is -2.33. The zero-order valence-corrected chi connectivity index (χ0v) is 10.9. The van der Waals surface area contributed by atoms with Gasteiger partial charge in [0.05, 0.1) is 18.1 Å². The summed E-state index contributed by atoms with van der Waals surface area (Å²) in [5.41, 5.74) is 2.05. The Morgan fingerprint density at radius 1 is 0.944 bits per heavy atom. The first kappa shape index (κ1) is 11.5. The number of hydrogen-bond donors (Lipinski definition) is 0. The smallest absolute Gasteiger partial charge is 0.147 e. The first-order valence-electron chi connectivity index (χ1n) is 6.14. The Kier molecular flexibility index (Phi) is 3.46. The van der Waals surface area contributed by atoms with Crippen LogP contribution >= 0.6 is 11.8 Å². The van der Waals surface area contributed by atoms with Crippen molar-refractivity contribution in [1.29, 1.82) is 0 Å². The van der Waals surface area contributed by atoms with E-state index in [4.69, 9.17) is 0 Å². The molecule has 3 rings (SSSR count). The standard InChI is InChI=1S/C14H15N3S/c1-2-4-12(5-3-1)13-10-16-14(11-15-13)17-6-8-18-9-7-17/h1-5,10-11H,6-9H2. The van der Waals surface area contributed by atoms with Crippen LogP contribution in [0.5, 0.6) is 0 Å². The fourth-order valence-corrected chi connectivity index (χ4v) is 2.94. The van der Waals surface area contributed by atoms with Gasteiger partial charge in [-0.05, 0) is 0 Å². The largest absolute Gasteiger partial charge is 0.354 e. The van der Waals surface area contributed by atoms with E-state index in [2.05, 4.69) is 27.0 Å². The minimum absolute atomic E-state index is 0.936. The second kappa shape index (κ2) is 5.40. The Morgan fingerprint density at radius 3 is 2.39 bits per heavy atom. The molecule has 92 valence electrons. The maximum Gasteiger partial charge on any atom is 0.147 e. The van der Waals surface area contributed by atoms with Gasteiger partial charge in [-0.2, -0.15) is 11.8 Å². The number of hydrogen-bond acceptors (Lipinski definition) is 4. The maximum atomic E-state index is 4.53. The van der Waals surface area contributed by atoms with Gasteiger partial charge in [-0.3, -0.25) is 4.98 Å². The van der Waals surface area contributed by atoms with Gasteiger partial charge in [0.1, 0.15) is 5.82 Å². The van der Waals surface area contributed by atoms with Crippen LogP contribution in [-0.4, -0.2) is 34.6 Å². The van der Waals surface area contributed by atoms with Gasteiger partial charge in [0.25, 0.3) is 0 Å². The molecule has 1 aromatic carbocycles. The molecule has 1 aliphatic heterocycles. The predicted octanol–water partition coefficient (Wildman–Crippen LogP) is 2.70. The van der Waals surface area contributed by atoms with Crippen molar-refractivity contribution in [3.05, 3.63) is 42.7 Å². The molecule has 1 aliphatic rings. The molecular weight excluding hydrogens is 242 g/mol. The number of nitrogens with zero attached hydrogens (tertiary/aromatic N) is 3. The number of anilines is 1. The molecule has 18 heavy (non-hydrogen) atoms. The van der Waals surface area contributed by atoms with E-state index in [1.54, 1.807) is 0 Å². The second-order valence-electron chi connectivity index (χ2n) is 4.23. The van der Waals surface area contributed by atoms with Crippen LogP contribution in [0.15, 0.2) is 42.7 Å². The molecule has 0 aliphatic carbocycles. The van der Waals surface area contributed by atoms with E-state index in [9.17, 15) is 0 Å². The van der Waals surface area contributed by atoms with Gasteiger partial charge in [0.15, 0.2) is 0 Å². The van der Waals surface area contributed by atoms with Gasteiger partial charge in [-0.15, -0.1) is 0 Å². The first-order valence-corrected chi connectivity index (χ1v) is 7.29. The van der Waals surface area contributed by atoms with Crippen molar-refractivity contribution in [2.24, 2.45) is 0 Å². The molecule has 1 fully saturated rings. The summed E-state index contributed by atoms with van der Waals surface area (Å²) in [5, 5.41) is 0. The lowest BCUT2D eigenvalue weighted by atomic mass is 10.2. The molecule has 4 heteroatoms. The summed E-state index contributed by atoms with van der Waals surface area (Å²) < 4.78 is 0. The van der Waals surface area contributed by atoms with Crippen LogP contribution in [0, 0.1) is 0 Å². The highest BCUT2D eigenvalue weighted by Gasteiger charge is 2.12. The van der Waals surface area contributed by atoms with E-state index >= 15 is 0 Å². The first-order chi connectivity index (χ1) is 8.93. The molecule has 0 saturated carbocycles. The van der Waals surface area contributed by atoms with Crippen LogP contribution in [0.25, 0.3) is 11.3 Å². The van der Waals surface area contributed by atoms with Crippen molar-refractivity contribution in [2.45, 2.75) is 0 Å². The molecule has 0 amide bonds. The molecule has 0 bridgehead atoms. The van der Waals surface area contributed by atoms with Gasteiger partial charge < -0.3 is 4.90 Å². The summed E-state index contributed by atoms with van der Waals surface area (Å²) in [5.74, 6) is 3.36. The van der Waals surface area contributed by atoms with E-state index in [1.165, 1.54) is 11.5 Å². The van der Waals surface area contributed by atoms with Crippen molar-refractivity contribution in [3.8, 4) is 11.3 Å². The predicted molar refractivity (Wildman–Crippen MR) is 77.0 cm³/mol. The van der Waals surface area contributed by atoms with Gasteiger partial charge in [-0.25, -0.2) is 4.98 Å². The molecule has 0 N–H and O–H groups in total. The van der Waals surface area contributed by atoms with E-state index < -0.39 is 0 Å². The average Bonchev–Trinajstić information content (AvgIpc) is 2.49. The van der Waals surface area contributed by atoms with Gasteiger partial charge >= 0.3 is 0 Å². The molecule has 0 atom stereocenters. The fourth-order valence-electron chi connectivity index (χ4n) is 2.03. The van der Waals surface area contributed by atoms with Crippen molar-refractivity contribution in [2.75, 3.05) is 29.5 Å². The molecule has 3 nitrogen and oxygen atoms in total. The van der Waals surface area contributed by atoms with E-state index in [1.807, 2.05) is 42.4 Å². The summed E-state index contributed by atoms with van der Waals surface area (Å²) >= 11 is 2.00. The summed E-state index contributed by atoms with van der Waals surface area (Å²) in [6.07, 6.45) is 3.75. The lowest BCUT2D eigenvalue weighted by Gasteiger charge is -2.27. The van der Waals surface area contributed by atoms with Crippen molar-refractivity contribution in [1.82, 2.24) is 9.97 Å². The summed E-state index contributed by atoms with van der Waals surface area (Å²) in [4.78, 5) is 11.3. The maximum absolute atomic E-state index is 4.53. The summed E-state index contributed by atoms with van der Waals surface area (Å²) in [6, 6.07) is 10.2. The molecule has 0 unspecified atom stereocenters. The molecule has 0 spiro atoms. The Bertz CT molecular complexity index is 492. The Hall–Kier alpha value is -1.55. The minimum Gasteiger partial charge on any atom is -0.354 e. The lowest BCUT2D eigenvalue weighted by molar-refractivity contribution is 0.834. The van der Waals surface area contributed by atoms with Crippen molar-refractivity contribution >= 4 is 17.6 Å². The number of rotatable bonds is 2. The highest BCUT2D eigenvalue weighted by atomic mass is 32.2. The van der Waals surface area contributed by atoms with E-state index in [0.29, 0.717) is 0 Å². The molecular formula is C14H15N3S. The highest BCUT2D eigenvalue weighted by Crippen LogP contribution is 2.19. The van der Waals surface area contributed by atoms with Crippen LogP contribution in [0.3, 0.4) is 0 Å². The third kappa shape index (κ3) is 2.48. The van der Waals surface area contributed by atoms with E-state index in [0.717, 1.165) is 30.2 Å². The van der Waals surface area contributed by atoms with Gasteiger partial charge in [0.2, 0.25) is 0 Å².